The van der Waals surface area contributed by atoms with Crippen LogP contribution in [0.25, 0.3) is 0 Å². The third-order valence-electron chi connectivity index (χ3n) is 4.23. The predicted molar refractivity (Wildman–Crippen MR) is 103 cm³/mol. The van der Waals surface area contributed by atoms with Gasteiger partial charge in [-0.15, -0.1) is 11.3 Å². The lowest BCUT2D eigenvalue weighted by Gasteiger charge is -2.17. The predicted octanol–water partition coefficient (Wildman–Crippen LogP) is 3.06. The summed E-state index contributed by atoms with van der Waals surface area (Å²) in [5, 5.41) is 4.64. The summed E-state index contributed by atoms with van der Waals surface area (Å²) in [6, 6.07) is 8.93. The highest BCUT2D eigenvalue weighted by Gasteiger charge is 2.26. The van der Waals surface area contributed by atoms with Crippen LogP contribution in [0.3, 0.4) is 0 Å². The minimum atomic E-state index is -3.32. The molecule has 0 saturated carbocycles. The molecule has 0 fully saturated rings. The first-order chi connectivity index (χ1) is 12.3. The lowest BCUT2D eigenvalue weighted by Crippen LogP contribution is -2.27. The molecule has 8 heteroatoms. The van der Waals surface area contributed by atoms with Crippen molar-refractivity contribution in [1.29, 1.82) is 0 Å². The first kappa shape index (κ1) is 18.6. The monoisotopic (exact) mass is 392 g/mol. The summed E-state index contributed by atoms with van der Waals surface area (Å²) < 4.78 is 25.0. The van der Waals surface area contributed by atoms with Crippen molar-refractivity contribution in [3.63, 3.8) is 0 Å². The second-order valence-corrected chi connectivity index (χ2v) is 9.09. The number of anilines is 2. The minimum Gasteiger partial charge on any atom is -0.326 e. The van der Waals surface area contributed by atoms with E-state index in [9.17, 15) is 18.0 Å². The summed E-state index contributed by atoms with van der Waals surface area (Å²) in [7, 11) is -3.32. The number of amides is 1. The number of benzene rings is 1. The Bertz CT molecular complexity index is 921. The van der Waals surface area contributed by atoms with Gasteiger partial charge in [-0.3, -0.25) is 13.9 Å². The fourth-order valence-corrected chi connectivity index (χ4v) is 4.61. The standard InChI is InChI=1S/C18H20N2O4S2/c1-26(23,24)20-10-9-13-7-8-14(12-15(13)20)19-18(22)6-2-4-16(21)17-5-3-11-25-17/h3,5,7-8,11-12H,2,4,6,9-10H2,1H3,(H,19,22). The summed E-state index contributed by atoms with van der Waals surface area (Å²) in [5.74, 6) is -0.137. The van der Waals surface area contributed by atoms with E-state index < -0.39 is 10.0 Å². The molecule has 0 bridgehead atoms. The number of carbonyl (C=O) groups is 2. The summed E-state index contributed by atoms with van der Waals surface area (Å²) in [5.41, 5.74) is 2.14. The Kier molecular flexibility index (Phi) is 5.43. The fraction of sp³-hybridized carbons (Fsp3) is 0.333. The highest BCUT2D eigenvalue weighted by Crippen LogP contribution is 2.32. The van der Waals surface area contributed by atoms with Gasteiger partial charge in [0.15, 0.2) is 5.78 Å². The molecule has 26 heavy (non-hydrogen) atoms. The molecule has 1 aliphatic rings. The van der Waals surface area contributed by atoms with Crippen molar-refractivity contribution in [2.45, 2.75) is 25.7 Å². The quantitative estimate of drug-likeness (QED) is 0.734. The molecule has 0 spiro atoms. The number of rotatable bonds is 7. The first-order valence-corrected chi connectivity index (χ1v) is 11.0. The number of nitrogens with zero attached hydrogens (tertiary/aromatic N) is 1. The van der Waals surface area contributed by atoms with E-state index in [-0.39, 0.29) is 18.1 Å². The Labute approximate surface area is 156 Å². The molecule has 1 aromatic heterocycles. The molecule has 6 nitrogen and oxygen atoms in total. The number of carbonyl (C=O) groups excluding carboxylic acids is 2. The van der Waals surface area contributed by atoms with Crippen LogP contribution in [0.15, 0.2) is 35.7 Å². The molecular formula is C18H20N2O4S2. The van der Waals surface area contributed by atoms with Crippen molar-refractivity contribution in [3.05, 3.63) is 46.2 Å². The number of ketones is 1. The fourth-order valence-electron chi connectivity index (χ4n) is 2.97. The Hall–Kier alpha value is -2.19. The number of fused-ring (bicyclic) bond motifs is 1. The van der Waals surface area contributed by atoms with Gasteiger partial charge in [0.25, 0.3) is 0 Å². The van der Waals surface area contributed by atoms with E-state index in [1.54, 1.807) is 18.2 Å². The zero-order valence-electron chi connectivity index (χ0n) is 14.4. The molecule has 0 atom stereocenters. The zero-order chi connectivity index (χ0) is 18.7. The molecule has 1 amide bonds. The van der Waals surface area contributed by atoms with E-state index in [0.29, 0.717) is 42.1 Å². The normalized spacial score (nSPS) is 13.5. The second kappa shape index (κ2) is 7.59. The van der Waals surface area contributed by atoms with Gasteiger partial charge in [0.05, 0.1) is 16.8 Å². The third-order valence-corrected chi connectivity index (χ3v) is 6.32. The number of sulfonamides is 1. The lowest BCUT2D eigenvalue weighted by atomic mass is 10.1. The van der Waals surface area contributed by atoms with Gasteiger partial charge >= 0.3 is 0 Å². The van der Waals surface area contributed by atoms with Crippen LogP contribution >= 0.6 is 11.3 Å². The molecule has 0 saturated heterocycles. The highest BCUT2D eigenvalue weighted by atomic mass is 32.2. The van der Waals surface area contributed by atoms with Crippen LogP contribution in [0.5, 0.6) is 0 Å². The number of hydrogen-bond acceptors (Lipinski definition) is 5. The number of thiophene rings is 1. The number of hydrogen-bond donors (Lipinski definition) is 1. The molecule has 3 rings (SSSR count). The largest absolute Gasteiger partial charge is 0.326 e. The SMILES string of the molecule is CS(=O)(=O)N1CCc2ccc(NC(=O)CCCC(=O)c3cccs3)cc21. The van der Waals surface area contributed by atoms with Gasteiger partial charge in [-0.05, 0) is 42.0 Å². The molecule has 2 heterocycles. The van der Waals surface area contributed by atoms with Crippen LogP contribution in [-0.2, 0) is 21.2 Å². The van der Waals surface area contributed by atoms with Gasteiger partial charge in [-0.25, -0.2) is 8.42 Å². The second-order valence-electron chi connectivity index (χ2n) is 6.23. The number of Topliss-reactive ketones (excluding diaryl/α,β-unsaturated/α-hetero) is 1. The maximum Gasteiger partial charge on any atom is 0.232 e. The van der Waals surface area contributed by atoms with Gasteiger partial charge in [0.1, 0.15) is 0 Å². The molecule has 138 valence electrons. The summed E-state index contributed by atoms with van der Waals surface area (Å²) >= 11 is 1.40. The van der Waals surface area contributed by atoms with E-state index in [4.69, 9.17) is 0 Å². The van der Waals surface area contributed by atoms with Crippen molar-refractivity contribution < 1.29 is 18.0 Å². The van der Waals surface area contributed by atoms with Crippen LogP contribution < -0.4 is 9.62 Å². The topological polar surface area (TPSA) is 83.6 Å². The molecular weight excluding hydrogens is 372 g/mol. The summed E-state index contributed by atoms with van der Waals surface area (Å²) in [4.78, 5) is 24.7. The van der Waals surface area contributed by atoms with Crippen LogP contribution in [0.1, 0.15) is 34.5 Å². The molecule has 2 aromatic rings. The van der Waals surface area contributed by atoms with Crippen LogP contribution in [0, 0.1) is 0 Å². The van der Waals surface area contributed by atoms with Crippen LogP contribution in [0.4, 0.5) is 11.4 Å². The third kappa shape index (κ3) is 4.31. The maximum atomic E-state index is 12.1. The van der Waals surface area contributed by atoms with Gasteiger partial charge in [-0.2, -0.15) is 0 Å². The van der Waals surface area contributed by atoms with Crippen LogP contribution in [-0.4, -0.2) is 32.9 Å². The van der Waals surface area contributed by atoms with E-state index in [0.717, 1.165) is 5.56 Å². The Morgan fingerprint density at radius 3 is 2.73 bits per heavy atom. The smallest absolute Gasteiger partial charge is 0.232 e. The van der Waals surface area contributed by atoms with Gasteiger partial charge in [-0.1, -0.05) is 12.1 Å². The van der Waals surface area contributed by atoms with E-state index in [1.165, 1.54) is 21.9 Å². The van der Waals surface area contributed by atoms with Crippen molar-refractivity contribution in [2.75, 3.05) is 22.4 Å². The molecule has 1 N–H and O–H groups in total. The number of nitrogens with one attached hydrogen (secondary N) is 1. The van der Waals surface area contributed by atoms with Crippen molar-refractivity contribution in [2.24, 2.45) is 0 Å². The highest BCUT2D eigenvalue weighted by molar-refractivity contribution is 7.92. The first-order valence-electron chi connectivity index (χ1n) is 8.32. The zero-order valence-corrected chi connectivity index (χ0v) is 16.0. The average Bonchev–Trinajstić information content (AvgIpc) is 3.23. The Morgan fingerprint density at radius 2 is 2.04 bits per heavy atom. The van der Waals surface area contributed by atoms with Gasteiger partial charge < -0.3 is 5.32 Å². The van der Waals surface area contributed by atoms with E-state index in [2.05, 4.69) is 5.32 Å². The summed E-state index contributed by atoms with van der Waals surface area (Å²) in [6.07, 6.45) is 2.90. The lowest BCUT2D eigenvalue weighted by molar-refractivity contribution is -0.116. The molecule has 0 radical (unpaired) electrons. The van der Waals surface area contributed by atoms with E-state index >= 15 is 0 Å². The van der Waals surface area contributed by atoms with Crippen molar-refractivity contribution in [1.82, 2.24) is 0 Å². The van der Waals surface area contributed by atoms with Gasteiger partial charge in [0, 0.05) is 25.1 Å². The van der Waals surface area contributed by atoms with Crippen LogP contribution in [0.2, 0.25) is 0 Å². The van der Waals surface area contributed by atoms with Crippen molar-refractivity contribution >= 4 is 44.4 Å². The molecule has 0 aliphatic carbocycles. The molecule has 1 aliphatic heterocycles. The summed E-state index contributed by atoms with van der Waals surface area (Å²) in [6.45, 7) is 0.427. The van der Waals surface area contributed by atoms with Gasteiger partial charge in [0.2, 0.25) is 15.9 Å². The molecule has 1 aromatic carbocycles. The Balaban J connectivity index is 1.56. The Morgan fingerprint density at radius 1 is 1.23 bits per heavy atom. The minimum absolute atomic E-state index is 0.0501. The van der Waals surface area contributed by atoms with Crippen molar-refractivity contribution in [3.8, 4) is 0 Å². The average molecular weight is 393 g/mol. The maximum absolute atomic E-state index is 12.1. The van der Waals surface area contributed by atoms with E-state index in [1.807, 2.05) is 17.5 Å². The molecule has 0 unspecified atom stereocenters.